The molecule has 4 nitrogen and oxygen atoms in total. The number of ketones is 1. The Morgan fingerprint density at radius 2 is 1.92 bits per heavy atom. The lowest BCUT2D eigenvalue weighted by molar-refractivity contribution is -0.122. The number of rotatable bonds is 5. The molecule has 4 rings (SSSR count). The lowest BCUT2D eigenvalue weighted by Gasteiger charge is -2.31. The highest BCUT2D eigenvalue weighted by Crippen LogP contribution is 2.47. The Morgan fingerprint density at radius 3 is 2.62 bits per heavy atom. The third-order valence-corrected chi connectivity index (χ3v) is 6.45. The summed E-state index contributed by atoms with van der Waals surface area (Å²) in [6, 6.07) is 0. The van der Waals surface area contributed by atoms with Gasteiger partial charge in [0.25, 0.3) is 0 Å². The zero-order valence-corrected chi connectivity index (χ0v) is 15.2. The van der Waals surface area contributed by atoms with Crippen molar-refractivity contribution in [2.24, 2.45) is 5.92 Å². The van der Waals surface area contributed by atoms with E-state index in [1.54, 1.807) is 0 Å². The van der Waals surface area contributed by atoms with Crippen molar-refractivity contribution in [1.29, 1.82) is 0 Å². The van der Waals surface area contributed by atoms with Crippen molar-refractivity contribution in [2.45, 2.75) is 76.2 Å². The van der Waals surface area contributed by atoms with Gasteiger partial charge >= 0.3 is 0 Å². The summed E-state index contributed by atoms with van der Waals surface area (Å²) in [5.41, 5.74) is 1.96. The van der Waals surface area contributed by atoms with Crippen LogP contribution in [-0.2, 0) is 17.6 Å². The predicted molar refractivity (Wildman–Crippen MR) is 95.6 cm³/mol. The third kappa shape index (κ3) is 2.83. The van der Waals surface area contributed by atoms with E-state index in [9.17, 15) is 4.79 Å². The van der Waals surface area contributed by atoms with Crippen LogP contribution in [0.1, 0.15) is 69.0 Å². The Kier molecular flexibility index (Phi) is 4.27. The minimum absolute atomic E-state index is 0.313. The molecule has 0 bridgehead atoms. The van der Waals surface area contributed by atoms with E-state index in [4.69, 9.17) is 11.6 Å². The number of fused-ring (bicyclic) bond motifs is 1. The van der Waals surface area contributed by atoms with Gasteiger partial charge in [-0.05, 0) is 49.6 Å². The van der Waals surface area contributed by atoms with Crippen LogP contribution in [-0.4, -0.2) is 28.3 Å². The number of hydrogen-bond donors (Lipinski definition) is 0. The van der Waals surface area contributed by atoms with Gasteiger partial charge < -0.3 is 4.90 Å². The summed E-state index contributed by atoms with van der Waals surface area (Å²) in [4.78, 5) is 24.1. The van der Waals surface area contributed by atoms with E-state index in [1.807, 2.05) is 7.05 Å². The lowest BCUT2D eigenvalue weighted by Crippen LogP contribution is -2.43. The zero-order chi connectivity index (χ0) is 16.7. The molecule has 0 unspecified atom stereocenters. The van der Waals surface area contributed by atoms with Crippen molar-refractivity contribution >= 4 is 23.2 Å². The molecule has 0 radical (unpaired) electrons. The number of Topliss-reactive ketones (excluding diaryl/α,β-unsaturated/α-hetero) is 1. The molecule has 1 heterocycles. The monoisotopic (exact) mass is 347 g/mol. The Bertz CT molecular complexity index is 650. The van der Waals surface area contributed by atoms with Crippen molar-refractivity contribution in [3.8, 4) is 0 Å². The van der Waals surface area contributed by atoms with Gasteiger partial charge in [-0.1, -0.05) is 32.1 Å². The number of carbonyl (C=O) groups excluding carboxylic acids is 1. The first-order valence-corrected chi connectivity index (χ1v) is 9.80. The maximum Gasteiger partial charge on any atom is 0.224 e. The molecule has 130 valence electrons. The molecule has 1 aromatic rings. The number of nitrogens with zero attached hydrogens (tertiary/aromatic N) is 3. The Labute approximate surface area is 149 Å². The first-order valence-electron chi connectivity index (χ1n) is 9.42. The van der Waals surface area contributed by atoms with Crippen LogP contribution < -0.4 is 4.90 Å². The van der Waals surface area contributed by atoms with Crippen molar-refractivity contribution in [2.75, 3.05) is 11.9 Å². The Hall–Kier alpha value is -1.16. The smallest absolute Gasteiger partial charge is 0.224 e. The summed E-state index contributed by atoms with van der Waals surface area (Å²) < 4.78 is 0. The highest BCUT2D eigenvalue weighted by Gasteiger charge is 2.54. The topological polar surface area (TPSA) is 46.1 Å². The van der Waals surface area contributed by atoms with E-state index in [1.165, 1.54) is 37.7 Å². The highest BCUT2D eigenvalue weighted by molar-refractivity contribution is 6.28. The second-order valence-electron chi connectivity index (χ2n) is 7.82. The van der Waals surface area contributed by atoms with E-state index >= 15 is 0 Å². The average molecular weight is 348 g/mol. The summed E-state index contributed by atoms with van der Waals surface area (Å²) in [6.07, 6.45) is 12.1. The van der Waals surface area contributed by atoms with Crippen LogP contribution in [0.2, 0.25) is 5.28 Å². The molecule has 0 aromatic carbocycles. The second kappa shape index (κ2) is 6.29. The van der Waals surface area contributed by atoms with Gasteiger partial charge in [0, 0.05) is 19.0 Å². The number of likely N-dealkylation sites (N-methyl/N-ethyl adjacent to an activating group) is 1. The molecule has 3 aliphatic rings. The molecule has 24 heavy (non-hydrogen) atoms. The fraction of sp³-hybridized carbons (Fsp3) is 0.737. The fourth-order valence-corrected chi connectivity index (χ4v) is 4.81. The van der Waals surface area contributed by atoms with Crippen molar-refractivity contribution in [3.63, 3.8) is 0 Å². The van der Waals surface area contributed by atoms with Crippen molar-refractivity contribution in [3.05, 3.63) is 16.5 Å². The molecule has 3 aliphatic carbocycles. The van der Waals surface area contributed by atoms with Gasteiger partial charge in [0.05, 0.1) is 11.2 Å². The third-order valence-electron chi connectivity index (χ3n) is 6.29. The molecule has 1 aromatic heterocycles. The maximum atomic E-state index is 13.1. The minimum atomic E-state index is -0.328. The van der Waals surface area contributed by atoms with Gasteiger partial charge in [-0.3, -0.25) is 4.79 Å². The van der Waals surface area contributed by atoms with Gasteiger partial charge in [-0.25, -0.2) is 9.97 Å². The summed E-state index contributed by atoms with van der Waals surface area (Å²) in [6.45, 7) is 0. The molecule has 0 N–H and O–H groups in total. The van der Waals surface area contributed by atoms with Crippen LogP contribution in [0, 0.1) is 5.92 Å². The van der Waals surface area contributed by atoms with Gasteiger partial charge in [0.1, 0.15) is 5.82 Å². The summed E-state index contributed by atoms with van der Waals surface area (Å²) in [5, 5.41) is 0.313. The standard InChI is InChI=1S/C19H26ClN3O/c1-23(17-14-8-5-9-15(14)21-18(20)22-17)19(10-11-19)16(24)12-13-6-3-2-4-7-13/h13H,2-12H2,1H3. The van der Waals surface area contributed by atoms with E-state index < -0.39 is 0 Å². The predicted octanol–water partition coefficient (Wildman–Crippen LogP) is 4.13. The van der Waals surface area contributed by atoms with Crippen LogP contribution in [0.5, 0.6) is 0 Å². The number of hydrogen-bond acceptors (Lipinski definition) is 4. The summed E-state index contributed by atoms with van der Waals surface area (Å²) >= 11 is 6.14. The van der Waals surface area contributed by atoms with Gasteiger partial charge in [-0.2, -0.15) is 0 Å². The molecule has 5 heteroatoms. The van der Waals surface area contributed by atoms with Crippen LogP contribution >= 0.6 is 11.6 Å². The molecule has 2 saturated carbocycles. The van der Waals surface area contributed by atoms with Gasteiger partial charge in [0.2, 0.25) is 5.28 Å². The number of carbonyl (C=O) groups is 1. The van der Waals surface area contributed by atoms with Crippen LogP contribution in [0.25, 0.3) is 0 Å². The first kappa shape index (κ1) is 16.3. The Balaban J connectivity index is 1.55. The van der Waals surface area contributed by atoms with E-state index in [0.717, 1.165) is 50.0 Å². The Morgan fingerprint density at radius 1 is 1.17 bits per heavy atom. The number of aryl methyl sites for hydroxylation is 1. The average Bonchev–Trinajstić information content (AvgIpc) is 3.27. The van der Waals surface area contributed by atoms with Crippen LogP contribution in [0.4, 0.5) is 5.82 Å². The molecule has 0 saturated heterocycles. The van der Waals surface area contributed by atoms with Gasteiger partial charge in [-0.15, -0.1) is 0 Å². The van der Waals surface area contributed by atoms with E-state index in [2.05, 4.69) is 14.9 Å². The number of anilines is 1. The lowest BCUT2D eigenvalue weighted by atomic mass is 9.84. The number of halogens is 1. The highest BCUT2D eigenvalue weighted by atomic mass is 35.5. The normalized spacial score (nSPS) is 22.2. The van der Waals surface area contributed by atoms with Crippen LogP contribution in [0.3, 0.4) is 0 Å². The number of aromatic nitrogens is 2. The first-order chi connectivity index (χ1) is 11.6. The molecule has 0 aliphatic heterocycles. The zero-order valence-electron chi connectivity index (χ0n) is 14.5. The molecular weight excluding hydrogens is 322 g/mol. The molecule has 0 spiro atoms. The van der Waals surface area contributed by atoms with Crippen molar-refractivity contribution in [1.82, 2.24) is 9.97 Å². The quantitative estimate of drug-likeness (QED) is 0.751. The van der Waals surface area contributed by atoms with E-state index in [-0.39, 0.29) is 5.54 Å². The van der Waals surface area contributed by atoms with Crippen molar-refractivity contribution < 1.29 is 4.79 Å². The summed E-state index contributed by atoms with van der Waals surface area (Å²) in [5.74, 6) is 1.91. The fourth-order valence-electron chi connectivity index (χ4n) is 4.63. The van der Waals surface area contributed by atoms with Crippen LogP contribution in [0.15, 0.2) is 0 Å². The van der Waals surface area contributed by atoms with Gasteiger partial charge in [0.15, 0.2) is 5.78 Å². The summed E-state index contributed by atoms with van der Waals surface area (Å²) in [7, 11) is 2.03. The minimum Gasteiger partial charge on any atom is -0.347 e. The largest absolute Gasteiger partial charge is 0.347 e. The van der Waals surface area contributed by atoms with E-state index in [0.29, 0.717) is 17.0 Å². The molecule has 0 atom stereocenters. The molecular formula is C19H26ClN3O. The SMILES string of the molecule is CN(c1nc(Cl)nc2c1CCC2)C1(C(=O)CC2CCCCC2)CC1. The molecule has 0 amide bonds. The maximum absolute atomic E-state index is 13.1. The second-order valence-corrected chi connectivity index (χ2v) is 8.16. The molecule has 2 fully saturated rings.